The van der Waals surface area contributed by atoms with Crippen LogP contribution in [0.5, 0.6) is 0 Å². The van der Waals surface area contributed by atoms with Crippen molar-refractivity contribution in [2.75, 3.05) is 39.3 Å². The standard InChI is InChI=1S/C26H37N5O2/c1-3-23-18-24(28(2)27-23)26(33)31-13-7-10-22(20-31)11-12-25(32)30-16-14-29(15-17-30)19-21-8-5-4-6-9-21/h4-6,8-9,18,22H,3,7,10-17,19-20H2,1-2H3. The summed E-state index contributed by atoms with van der Waals surface area (Å²) < 4.78 is 1.70. The highest BCUT2D eigenvalue weighted by molar-refractivity contribution is 5.92. The summed E-state index contributed by atoms with van der Waals surface area (Å²) in [5.74, 6) is 0.720. The normalized spacial score (nSPS) is 19.6. The summed E-state index contributed by atoms with van der Waals surface area (Å²) in [6.07, 6.45) is 4.36. The largest absolute Gasteiger partial charge is 0.340 e. The highest BCUT2D eigenvalue weighted by Crippen LogP contribution is 2.23. The maximum atomic E-state index is 13.0. The van der Waals surface area contributed by atoms with Gasteiger partial charge < -0.3 is 9.80 Å². The molecule has 0 spiro atoms. The minimum Gasteiger partial charge on any atom is -0.340 e. The number of piperidine rings is 1. The van der Waals surface area contributed by atoms with E-state index in [0.717, 1.165) is 77.2 Å². The van der Waals surface area contributed by atoms with E-state index in [9.17, 15) is 9.59 Å². The number of likely N-dealkylation sites (tertiary alicyclic amines) is 1. The summed E-state index contributed by atoms with van der Waals surface area (Å²) in [4.78, 5) is 32.3. The van der Waals surface area contributed by atoms with Gasteiger partial charge in [0.25, 0.3) is 5.91 Å². The van der Waals surface area contributed by atoms with Crippen molar-refractivity contribution in [3.8, 4) is 0 Å². The molecule has 0 aliphatic carbocycles. The molecule has 7 nitrogen and oxygen atoms in total. The lowest BCUT2D eigenvalue weighted by Gasteiger charge is -2.36. The number of nitrogens with zero attached hydrogens (tertiary/aromatic N) is 5. The number of piperazine rings is 1. The molecule has 1 unspecified atom stereocenters. The van der Waals surface area contributed by atoms with Crippen molar-refractivity contribution < 1.29 is 9.59 Å². The first kappa shape index (κ1) is 23.5. The number of aryl methyl sites for hydroxylation is 2. The number of benzene rings is 1. The third kappa shape index (κ3) is 6.02. The lowest BCUT2D eigenvalue weighted by atomic mass is 9.93. The number of hydrogen-bond acceptors (Lipinski definition) is 4. The summed E-state index contributed by atoms with van der Waals surface area (Å²) in [5, 5.41) is 4.42. The van der Waals surface area contributed by atoms with Crippen molar-refractivity contribution in [3.63, 3.8) is 0 Å². The molecule has 1 aromatic carbocycles. The lowest BCUT2D eigenvalue weighted by Crippen LogP contribution is -2.48. The molecule has 2 saturated heterocycles. The molecular formula is C26H37N5O2. The van der Waals surface area contributed by atoms with E-state index in [-0.39, 0.29) is 11.8 Å². The summed E-state index contributed by atoms with van der Waals surface area (Å²) in [6, 6.07) is 12.4. The van der Waals surface area contributed by atoms with Crippen LogP contribution in [-0.2, 0) is 24.8 Å². The van der Waals surface area contributed by atoms with E-state index >= 15 is 0 Å². The average Bonchev–Trinajstić information content (AvgIpc) is 3.24. The number of hydrogen-bond donors (Lipinski definition) is 0. The van der Waals surface area contributed by atoms with E-state index in [1.54, 1.807) is 4.68 Å². The van der Waals surface area contributed by atoms with Gasteiger partial charge in [-0.15, -0.1) is 0 Å². The molecule has 2 aliphatic rings. The van der Waals surface area contributed by atoms with Crippen LogP contribution in [0, 0.1) is 5.92 Å². The summed E-state index contributed by atoms with van der Waals surface area (Å²) in [7, 11) is 1.84. The van der Waals surface area contributed by atoms with Gasteiger partial charge in [0.1, 0.15) is 5.69 Å². The Morgan fingerprint density at radius 3 is 2.48 bits per heavy atom. The minimum absolute atomic E-state index is 0.0651. The van der Waals surface area contributed by atoms with Crippen LogP contribution in [0.1, 0.15) is 54.4 Å². The second-order valence-electron chi connectivity index (χ2n) is 9.44. The van der Waals surface area contributed by atoms with Gasteiger partial charge in [-0.05, 0) is 43.2 Å². The van der Waals surface area contributed by atoms with Gasteiger partial charge in [0, 0.05) is 59.3 Å². The summed E-state index contributed by atoms with van der Waals surface area (Å²) in [6.45, 7) is 8.00. The zero-order chi connectivity index (χ0) is 23.2. The molecule has 2 aliphatic heterocycles. The number of carbonyl (C=O) groups is 2. The van der Waals surface area contributed by atoms with Gasteiger partial charge >= 0.3 is 0 Å². The van der Waals surface area contributed by atoms with Gasteiger partial charge in [-0.3, -0.25) is 19.2 Å². The molecule has 4 rings (SSSR count). The van der Waals surface area contributed by atoms with E-state index in [0.29, 0.717) is 18.0 Å². The molecule has 3 heterocycles. The Labute approximate surface area is 197 Å². The summed E-state index contributed by atoms with van der Waals surface area (Å²) >= 11 is 0. The number of rotatable bonds is 7. The van der Waals surface area contributed by atoms with Crippen LogP contribution in [0.2, 0.25) is 0 Å². The zero-order valence-corrected chi connectivity index (χ0v) is 20.1. The first-order valence-electron chi connectivity index (χ1n) is 12.4. The Bertz CT molecular complexity index is 933. The van der Waals surface area contributed by atoms with Gasteiger partial charge in [-0.1, -0.05) is 37.3 Å². The molecule has 178 valence electrons. The maximum absolute atomic E-state index is 13.0. The van der Waals surface area contributed by atoms with Crippen molar-refractivity contribution in [2.24, 2.45) is 13.0 Å². The first-order chi connectivity index (χ1) is 16.0. The van der Waals surface area contributed by atoms with E-state index in [1.165, 1.54) is 5.56 Å². The molecule has 1 atom stereocenters. The van der Waals surface area contributed by atoms with Crippen LogP contribution in [0.4, 0.5) is 0 Å². The first-order valence-corrected chi connectivity index (χ1v) is 12.4. The predicted molar refractivity (Wildman–Crippen MR) is 129 cm³/mol. The lowest BCUT2D eigenvalue weighted by molar-refractivity contribution is -0.133. The zero-order valence-electron chi connectivity index (χ0n) is 20.1. The number of amides is 2. The molecule has 0 bridgehead atoms. The highest BCUT2D eigenvalue weighted by atomic mass is 16.2. The molecule has 0 saturated carbocycles. The van der Waals surface area contributed by atoms with Crippen LogP contribution in [-0.4, -0.2) is 75.6 Å². The Balaban J connectivity index is 1.21. The molecule has 1 aromatic heterocycles. The van der Waals surface area contributed by atoms with Gasteiger partial charge in [-0.2, -0.15) is 5.10 Å². The summed E-state index contributed by atoms with van der Waals surface area (Å²) in [5.41, 5.74) is 2.94. The van der Waals surface area contributed by atoms with Crippen LogP contribution >= 0.6 is 0 Å². The average molecular weight is 452 g/mol. The number of carbonyl (C=O) groups excluding carboxylic acids is 2. The van der Waals surface area contributed by atoms with Gasteiger partial charge in [-0.25, -0.2) is 0 Å². The Morgan fingerprint density at radius 2 is 1.79 bits per heavy atom. The molecule has 0 N–H and O–H groups in total. The van der Waals surface area contributed by atoms with Crippen molar-refractivity contribution in [1.82, 2.24) is 24.5 Å². The topological polar surface area (TPSA) is 61.7 Å². The molecule has 2 amide bonds. The van der Waals surface area contributed by atoms with E-state index in [2.05, 4.69) is 34.3 Å². The second kappa shape index (κ2) is 11.0. The monoisotopic (exact) mass is 451 g/mol. The molecule has 2 fully saturated rings. The quantitative estimate of drug-likeness (QED) is 0.649. The minimum atomic E-state index is 0.0651. The molecule has 2 aromatic rings. The maximum Gasteiger partial charge on any atom is 0.272 e. The Morgan fingerprint density at radius 1 is 1.03 bits per heavy atom. The van der Waals surface area contributed by atoms with E-state index in [1.807, 2.05) is 35.9 Å². The van der Waals surface area contributed by atoms with Crippen LogP contribution in [0.15, 0.2) is 36.4 Å². The van der Waals surface area contributed by atoms with E-state index in [4.69, 9.17) is 0 Å². The van der Waals surface area contributed by atoms with Crippen LogP contribution in [0.25, 0.3) is 0 Å². The number of aromatic nitrogens is 2. The van der Waals surface area contributed by atoms with Crippen molar-refractivity contribution in [2.45, 2.75) is 45.6 Å². The van der Waals surface area contributed by atoms with Crippen molar-refractivity contribution >= 4 is 11.8 Å². The molecule has 0 radical (unpaired) electrons. The SMILES string of the molecule is CCc1cc(C(=O)N2CCCC(CCC(=O)N3CCN(Cc4ccccc4)CC3)C2)n(C)n1. The Kier molecular flexibility index (Phi) is 7.81. The fourth-order valence-electron chi connectivity index (χ4n) is 5.03. The Hall–Kier alpha value is -2.67. The van der Waals surface area contributed by atoms with Crippen LogP contribution < -0.4 is 0 Å². The van der Waals surface area contributed by atoms with E-state index < -0.39 is 0 Å². The third-order valence-corrected chi connectivity index (χ3v) is 7.06. The van der Waals surface area contributed by atoms with Crippen LogP contribution in [0.3, 0.4) is 0 Å². The van der Waals surface area contributed by atoms with Gasteiger partial charge in [0.15, 0.2) is 0 Å². The van der Waals surface area contributed by atoms with Gasteiger partial charge in [0.05, 0.1) is 5.69 Å². The van der Waals surface area contributed by atoms with Crippen molar-refractivity contribution in [3.05, 3.63) is 53.3 Å². The fraction of sp³-hybridized carbons (Fsp3) is 0.577. The highest BCUT2D eigenvalue weighted by Gasteiger charge is 2.28. The molecular weight excluding hydrogens is 414 g/mol. The van der Waals surface area contributed by atoms with Crippen molar-refractivity contribution in [1.29, 1.82) is 0 Å². The fourth-order valence-corrected chi connectivity index (χ4v) is 5.03. The second-order valence-corrected chi connectivity index (χ2v) is 9.44. The molecule has 33 heavy (non-hydrogen) atoms. The van der Waals surface area contributed by atoms with Gasteiger partial charge in [0.2, 0.25) is 5.91 Å². The third-order valence-electron chi connectivity index (χ3n) is 7.06. The predicted octanol–water partition coefficient (Wildman–Crippen LogP) is 2.96. The molecule has 7 heteroatoms. The smallest absolute Gasteiger partial charge is 0.272 e.